The molecular weight excluding hydrogens is 379 g/mol. The van der Waals surface area contributed by atoms with Gasteiger partial charge in [0.25, 0.3) is 0 Å². The van der Waals surface area contributed by atoms with Crippen molar-refractivity contribution in [3.8, 4) is 11.5 Å². The van der Waals surface area contributed by atoms with Gasteiger partial charge in [-0.2, -0.15) is 13.2 Å². The van der Waals surface area contributed by atoms with Crippen molar-refractivity contribution in [3.63, 3.8) is 0 Å². The van der Waals surface area contributed by atoms with E-state index >= 15 is 0 Å². The number of imidazole rings is 1. The number of aryl methyl sites for hydroxylation is 1. The first-order valence-electron chi connectivity index (χ1n) is 8.46. The molecule has 6 nitrogen and oxygen atoms in total. The Labute approximate surface area is 155 Å². The van der Waals surface area contributed by atoms with Crippen molar-refractivity contribution in [1.82, 2.24) is 24.7 Å². The number of aromatic nitrogens is 5. The zero-order valence-electron chi connectivity index (χ0n) is 14.6. The molecule has 0 N–H and O–H groups in total. The second-order valence-electron chi connectivity index (χ2n) is 6.42. The molecule has 3 aromatic rings. The fourth-order valence-electron chi connectivity index (χ4n) is 2.90. The van der Waals surface area contributed by atoms with Crippen LogP contribution in [-0.2, 0) is 24.0 Å². The molecule has 142 valence electrons. The Kier molecular flexibility index (Phi) is 4.25. The van der Waals surface area contributed by atoms with E-state index in [-0.39, 0.29) is 11.2 Å². The van der Waals surface area contributed by atoms with E-state index in [0.717, 1.165) is 24.6 Å². The highest BCUT2D eigenvalue weighted by Crippen LogP contribution is 2.40. The summed E-state index contributed by atoms with van der Waals surface area (Å²) in [5.74, 6) is 1.11. The lowest BCUT2D eigenvalue weighted by molar-refractivity contribution is -0.141. The Bertz CT molecular complexity index is 1060. The molecule has 1 unspecified atom stereocenters. The van der Waals surface area contributed by atoms with E-state index in [4.69, 9.17) is 0 Å². The summed E-state index contributed by atoms with van der Waals surface area (Å²) >= 11 is 0. The summed E-state index contributed by atoms with van der Waals surface area (Å²) in [6.07, 6.45) is -2.50. The molecule has 0 aliphatic heterocycles. The predicted molar refractivity (Wildman–Crippen MR) is 93.5 cm³/mol. The molecule has 1 atom stereocenters. The molecule has 0 saturated heterocycles. The summed E-state index contributed by atoms with van der Waals surface area (Å²) in [5.41, 5.74) is 0.493. The van der Waals surface area contributed by atoms with E-state index in [1.54, 1.807) is 20.0 Å². The smallest absolute Gasteiger partial charge is 0.309 e. The van der Waals surface area contributed by atoms with Gasteiger partial charge in [0, 0.05) is 30.5 Å². The number of rotatable bonds is 4. The van der Waals surface area contributed by atoms with Crippen LogP contribution in [0, 0.1) is 0 Å². The highest BCUT2D eigenvalue weighted by molar-refractivity contribution is 7.85. The minimum atomic E-state index is -4.60. The van der Waals surface area contributed by atoms with Crippen LogP contribution in [0.25, 0.3) is 22.7 Å². The topological polar surface area (TPSA) is 73.6 Å². The molecule has 0 amide bonds. The lowest BCUT2D eigenvalue weighted by Gasteiger charge is -2.09. The first-order valence-corrected chi connectivity index (χ1v) is 9.78. The molecule has 27 heavy (non-hydrogen) atoms. The highest BCUT2D eigenvalue weighted by Gasteiger charge is 2.34. The van der Waals surface area contributed by atoms with Gasteiger partial charge in [0.1, 0.15) is 11.2 Å². The van der Waals surface area contributed by atoms with Crippen LogP contribution in [-0.4, -0.2) is 34.7 Å². The van der Waals surface area contributed by atoms with Gasteiger partial charge in [-0.05, 0) is 25.0 Å². The zero-order chi connectivity index (χ0) is 19.3. The Hall–Kier alpha value is -2.36. The van der Waals surface area contributed by atoms with Crippen LogP contribution >= 0.6 is 0 Å². The average molecular weight is 395 g/mol. The highest BCUT2D eigenvalue weighted by atomic mass is 32.2. The molecule has 0 radical (unpaired) electrons. The van der Waals surface area contributed by atoms with Crippen molar-refractivity contribution < 1.29 is 17.4 Å². The molecular formula is C17H16F3N5OS. The van der Waals surface area contributed by atoms with E-state index in [0.29, 0.717) is 28.1 Å². The van der Waals surface area contributed by atoms with Crippen molar-refractivity contribution in [1.29, 1.82) is 0 Å². The molecule has 0 aromatic carbocycles. The van der Waals surface area contributed by atoms with Gasteiger partial charge >= 0.3 is 6.18 Å². The van der Waals surface area contributed by atoms with E-state index in [1.807, 2.05) is 6.07 Å². The number of pyridine rings is 1. The molecule has 1 aliphatic rings. The average Bonchev–Trinajstić information content (AvgIpc) is 3.44. The molecule has 1 fully saturated rings. The van der Waals surface area contributed by atoms with Gasteiger partial charge < -0.3 is 4.57 Å². The fourth-order valence-corrected chi connectivity index (χ4v) is 3.79. The molecule has 0 spiro atoms. The first-order chi connectivity index (χ1) is 12.8. The quantitative estimate of drug-likeness (QED) is 0.677. The van der Waals surface area contributed by atoms with E-state index < -0.39 is 22.7 Å². The Morgan fingerprint density at radius 2 is 1.96 bits per heavy atom. The van der Waals surface area contributed by atoms with Gasteiger partial charge in [0.15, 0.2) is 17.2 Å². The molecule has 3 aromatic heterocycles. The van der Waals surface area contributed by atoms with Crippen LogP contribution in [0.15, 0.2) is 23.1 Å². The molecule has 1 saturated carbocycles. The summed E-state index contributed by atoms with van der Waals surface area (Å²) in [5, 5.41) is 6.94. The number of hydrogen-bond acceptors (Lipinski definition) is 5. The lowest BCUT2D eigenvalue weighted by atomic mass is 10.2. The van der Waals surface area contributed by atoms with Gasteiger partial charge in [-0.1, -0.05) is 6.92 Å². The van der Waals surface area contributed by atoms with Crippen LogP contribution in [0.3, 0.4) is 0 Å². The van der Waals surface area contributed by atoms with Gasteiger partial charge in [0.05, 0.1) is 15.7 Å². The maximum Gasteiger partial charge on any atom is 0.435 e. The zero-order valence-corrected chi connectivity index (χ0v) is 15.4. The molecule has 10 heteroatoms. The van der Waals surface area contributed by atoms with Gasteiger partial charge in [0.2, 0.25) is 0 Å². The van der Waals surface area contributed by atoms with Crippen LogP contribution in [0.5, 0.6) is 0 Å². The maximum absolute atomic E-state index is 12.9. The number of halogens is 3. The fraction of sp³-hybridized carbons (Fsp3) is 0.412. The van der Waals surface area contributed by atoms with Crippen molar-refractivity contribution in [2.24, 2.45) is 7.05 Å². The number of hydrogen-bond donors (Lipinski definition) is 0. The summed E-state index contributed by atoms with van der Waals surface area (Å²) in [4.78, 5) is 9.49. The van der Waals surface area contributed by atoms with Crippen molar-refractivity contribution in [3.05, 3.63) is 29.6 Å². The number of alkyl halides is 3. The minimum absolute atomic E-state index is 0.0710. The SMILES string of the molecule is CCS(=O)c1ccc(C2CC2)nc1-c1nc2cc(C(F)(F)F)nnc2n1C. The number of nitrogens with zero attached hydrogens (tertiary/aromatic N) is 5. The molecule has 4 rings (SSSR count). The third kappa shape index (κ3) is 3.22. The van der Waals surface area contributed by atoms with Crippen LogP contribution < -0.4 is 0 Å². The van der Waals surface area contributed by atoms with Gasteiger partial charge in [-0.15, -0.1) is 10.2 Å². The van der Waals surface area contributed by atoms with Crippen molar-refractivity contribution in [2.75, 3.05) is 5.75 Å². The second kappa shape index (κ2) is 6.36. The van der Waals surface area contributed by atoms with Crippen LogP contribution in [0.2, 0.25) is 0 Å². The van der Waals surface area contributed by atoms with Crippen molar-refractivity contribution >= 4 is 22.0 Å². The standard InChI is InChI=1S/C17H16F3N5OS/c1-3-27(26)12-7-6-10(9-4-5-9)21-14(12)16-22-11-8-13(17(18,19)20)23-24-15(11)25(16)2/h6-9H,3-5H2,1-2H3. The van der Waals surface area contributed by atoms with Gasteiger partial charge in [-0.25, -0.2) is 9.97 Å². The van der Waals surface area contributed by atoms with E-state index in [1.165, 1.54) is 4.57 Å². The van der Waals surface area contributed by atoms with Crippen LogP contribution in [0.1, 0.15) is 37.1 Å². The first kappa shape index (κ1) is 18.0. The summed E-state index contributed by atoms with van der Waals surface area (Å²) < 4.78 is 52.8. The summed E-state index contributed by atoms with van der Waals surface area (Å²) in [6.45, 7) is 1.80. The lowest BCUT2D eigenvalue weighted by Crippen LogP contribution is -2.09. The maximum atomic E-state index is 12.9. The Balaban J connectivity index is 1.91. The minimum Gasteiger partial charge on any atom is -0.309 e. The third-order valence-corrected chi connectivity index (χ3v) is 5.85. The Morgan fingerprint density at radius 1 is 1.22 bits per heavy atom. The van der Waals surface area contributed by atoms with E-state index in [9.17, 15) is 17.4 Å². The summed E-state index contributed by atoms with van der Waals surface area (Å²) in [6, 6.07) is 4.52. The molecule has 0 bridgehead atoms. The van der Waals surface area contributed by atoms with Crippen LogP contribution in [0.4, 0.5) is 13.2 Å². The molecule has 1 aliphatic carbocycles. The monoisotopic (exact) mass is 395 g/mol. The van der Waals surface area contributed by atoms with Gasteiger partial charge in [-0.3, -0.25) is 4.21 Å². The largest absolute Gasteiger partial charge is 0.435 e. The second-order valence-corrected chi connectivity index (χ2v) is 8.13. The van der Waals surface area contributed by atoms with Crippen molar-refractivity contribution in [2.45, 2.75) is 36.8 Å². The normalized spacial score (nSPS) is 16.0. The Morgan fingerprint density at radius 3 is 2.59 bits per heavy atom. The third-order valence-electron chi connectivity index (χ3n) is 4.50. The molecule has 3 heterocycles. The predicted octanol–water partition coefficient (Wildman–Crippen LogP) is 3.45. The summed E-state index contributed by atoms with van der Waals surface area (Å²) in [7, 11) is 0.352. The number of fused-ring (bicyclic) bond motifs is 1. The van der Waals surface area contributed by atoms with E-state index in [2.05, 4.69) is 20.2 Å².